The molecule has 1 rings (SSSR count). The second-order valence-electron chi connectivity index (χ2n) is 2.45. The molecule has 9 heteroatoms. The number of aliphatic hydroxyl groups excluding tert-OH is 1. The fourth-order valence-electron chi connectivity index (χ4n) is 0.556. The van der Waals surface area contributed by atoms with E-state index in [2.05, 4.69) is 14.6 Å². The minimum Gasteiger partial charge on any atom is -0.478 e. The monoisotopic (exact) mass is 271 g/mol. The maximum atomic E-state index is 10.1. The van der Waals surface area contributed by atoms with Crippen molar-refractivity contribution in [2.24, 2.45) is 0 Å². The number of hydrogen-bond donors (Lipinski definition) is 5. The van der Waals surface area contributed by atoms with Crippen molar-refractivity contribution in [3.05, 3.63) is 11.6 Å². The molecule has 0 aliphatic carbocycles. The van der Waals surface area contributed by atoms with Crippen LogP contribution in [0.1, 0.15) is 13.3 Å². The summed E-state index contributed by atoms with van der Waals surface area (Å²) >= 11 is 0. The van der Waals surface area contributed by atoms with E-state index in [1.54, 1.807) is 0 Å². The van der Waals surface area contributed by atoms with Crippen molar-refractivity contribution in [2.45, 2.75) is 13.3 Å². The number of rotatable bonds is 3. The Balaban J connectivity index is 0.000000280. The van der Waals surface area contributed by atoms with Gasteiger partial charge < -0.3 is 10.2 Å². The topological polar surface area (TPSA) is 93.6 Å². The molecule has 1 aliphatic heterocycles. The summed E-state index contributed by atoms with van der Waals surface area (Å²) in [5.41, 5.74) is 0.282. The summed E-state index contributed by atoms with van der Waals surface area (Å²) in [6.45, 7) is 1.50. The Hall–Kier alpha value is 0.340. The van der Waals surface area contributed by atoms with Gasteiger partial charge in [-0.2, -0.15) is 0 Å². The van der Waals surface area contributed by atoms with Gasteiger partial charge in [0.25, 0.3) is 0 Å². The highest BCUT2D eigenvalue weighted by molar-refractivity contribution is 7.65. The summed E-state index contributed by atoms with van der Waals surface area (Å²) in [6.07, 6.45) is 1.90. The van der Waals surface area contributed by atoms with Crippen LogP contribution in [0, 0.1) is 0 Å². The van der Waals surface area contributed by atoms with E-state index in [0.29, 0.717) is 6.42 Å². The van der Waals surface area contributed by atoms with Crippen molar-refractivity contribution in [3.8, 4) is 0 Å². The average Bonchev–Trinajstić information content (AvgIpc) is 2.29. The Morgan fingerprint density at radius 2 is 1.73 bits per heavy atom. The Bertz CT molecular complexity index is 200. The first-order valence-electron chi connectivity index (χ1n) is 4.19. The molecule has 0 aromatic heterocycles. The van der Waals surface area contributed by atoms with E-state index >= 15 is 0 Å². The van der Waals surface area contributed by atoms with E-state index in [4.69, 9.17) is 10.2 Å². The standard InChI is InChI=1S/C6H10O3.H6N3P3/c1-5(6(8)9)3-2-4-7;1-4-2-6-3-5-1/h3,7H,2,4H2,1H3,(H,8,9);1-6H. The lowest BCUT2D eigenvalue weighted by Crippen LogP contribution is -2.07. The number of hydrogen-bond acceptors (Lipinski definition) is 5. The molecule has 15 heavy (non-hydrogen) atoms. The molecule has 88 valence electrons. The molecule has 0 amide bonds. The molecular weight excluding hydrogens is 255 g/mol. The average molecular weight is 271 g/mol. The summed E-state index contributed by atoms with van der Waals surface area (Å²) in [5.74, 6) is -0.927. The lowest BCUT2D eigenvalue weighted by atomic mass is 10.2. The van der Waals surface area contributed by atoms with Gasteiger partial charge >= 0.3 is 5.97 Å². The highest BCUT2D eigenvalue weighted by Crippen LogP contribution is 2.23. The molecule has 0 saturated carbocycles. The van der Waals surface area contributed by atoms with Gasteiger partial charge in [-0.05, 0) is 13.3 Å². The maximum Gasteiger partial charge on any atom is 0.330 e. The summed E-state index contributed by atoms with van der Waals surface area (Å²) in [5, 5.41) is 16.5. The van der Waals surface area contributed by atoms with Crippen molar-refractivity contribution in [3.63, 3.8) is 0 Å². The Labute approximate surface area is 94.4 Å². The van der Waals surface area contributed by atoms with E-state index in [1.807, 2.05) is 0 Å². The molecule has 1 saturated heterocycles. The Morgan fingerprint density at radius 1 is 1.27 bits per heavy atom. The predicted molar refractivity (Wildman–Crippen MR) is 67.4 cm³/mol. The zero-order valence-corrected chi connectivity index (χ0v) is 11.3. The Morgan fingerprint density at radius 3 is 2.00 bits per heavy atom. The molecule has 6 nitrogen and oxygen atoms in total. The minimum absolute atomic E-state index is 0.00458. The molecular formula is C6H16N3O3P3. The van der Waals surface area contributed by atoms with E-state index in [1.165, 1.54) is 13.0 Å². The van der Waals surface area contributed by atoms with Gasteiger partial charge in [0.2, 0.25) is 0 Å². The lowest BCUT2D eigenvalue weighted by Gasteiger charge is -2.12. The molecule has 0 radical (unpaired) electrons. The van der Waals surface area contributed by atoms with Crippen molar-refractivity contribution in [1.29, 1.82) is 0 Å². The molecule has 0 unspecified atom stereocenters. The fourth-order valence-corrected chi connectivity index (χ4v) is 3.74. The number of aliphatic carboxylic acids is 1. The smallest absolute Gasteiger partial charge is 0.330 e. The summed E-state index contributed by atoms with van der Waals surface area (Å²) in [6, 6.07) is 0. The normalized spacial score (nSPS) is 21.3. The van der Waals surface area contributed by atoms with Crippen LogP contribution in [-0.4, -0.2) is 22.8 Å². The van der Waals surface area contributed by atoms with Gasteiger partial charge in [-0.15, -0.1) is 0 Å². The molecule has 0 bridgehead atoms. The quantitative estimate of drug-likeness (QED) is 0.383. The predicted octanol–water partition coefficient (Wildman–Crippen LogP) is 0.694. The van der Waals surface area contributed by atoms with Crippen molar-refractivity contribution < 1.29 is 15.0 Å². The van der Waals surface area contributed by atoms with Crippen LogP contribution in [0.5, 0.6) is 0 Å². The van der Waals surface area contributed by atoms with Crippen LogP contribution in [-0.2, 0) is 4.79 Å². The first-order valence-corrected chi connectivity index (χ1v) is 7.19. The van der Waals surface area contributed by atoms with Crippen LogP contribution in [0.3, 0.4) is 0 Å². The van der Waals surface area contributed by atoms with Crippen LogP contribution in [0.25, 0.3) is 0 Å². The molecule has 0 aromatic carbocycles. The lowest BCUT2D eigenvalue weighted by molar-refractivity contribution is -0.132. The molecule has 0 spiro atoms. The van der Waals surface area contributed by atoms with Crippen molar-refractivity contribution in [1.82, 2.24) is 14.6 Å². The summed E-state index contributed by atoms with van der Waals surface area (Å²) in [4.78, 5) is 19.4. The van der Waals surface area contributed by atoms with Gasteiger partial charge in [-0.25, -0.2) is 4.79 Å². The number of nitrogens with one attached hydrogen (secondary N) is 3. The Kier molecular flexibility index (Phi) is 11.1. The van der Waals surface area contributed by atoms with Crippen LogP contribution < -0.4 is 14.6 Å². The van der Waals surface area contributed by atoms with Crippen LogP contribution >= 0.6 is 26.6 Å². The summed E-state index contributed by atoms with van der Waals surface area (Å²) in [7, 11) is 2.29. The van der Waals surface area contributed by atoms with E-state index in [-0.39, 0.29) is 12.2 Å². The first-order chi connectivity index (χ1) is 7.18. The van der Waals surface area contributed by atoms with Gasteiger partial charge in [0.1, 0.15) is 0 Å². The van der Waals surface area contributed by atoms with Crippen LogP contribution in [0.4, 0.5) is 0 Å². The number of carbonyl (C=O) groups is 1. The highest BCUT2D eigenvalue weighted by Gasteiger charge is 1.96. The molecule has 5 N–H and O–H groups in total. The third-order valence-electron chi connectivity index (χ3n) is 1.29. The van der Waals surface area contributed by atoms with E-state index in [9.17, 15) is 4.79 Å². The van der Waals surface area contributed by atoms with Gasteiger partial charge in [0.05, 0.1) is 0 Å². The SMILES string of the molecule is CC(=CCCO)C(=O)O.N1PNPNP1. The molecule has 0 atom stereocenters. The third-order valence-corrected chi connectivity index (χ3v) is 4.29. The third kappa shape index (κ3) is 10.6. The zero-order chi connectivity index (χ0) is 11.5. The maximum absolute atomic E-state index is 10.1. The van der Waals surface area contributed by atoms with Gasteiger partial charge in [0, 0.05) is 38.8 Å². The number of carboxylic acid groups (broad SMARTS) is 1. The highest BCUT2D eigenvalue weighted by atomic mass is 31.2. The zero-order valence-electron chi connectivity index (χ0n) is 8.29. The fraction of sp³-hybridized carbons (Fsp3) is 0.500. The largest absolute Gasteiger partial charge is 0.478 e. The number of aliphatic hydroxyl groups is 1. The van der Waals surface area contributed by atoms with E-state index < -0.39 is 5.97 Å². The summed E-state index contributed by atoms with van der Waals surface area (Å²) < 4.78 is 0. The van der Waals surface area contributed by atoms with Gasteiger partial charge in [0.15, 0.2) is 0 Å². The van der Waals surface area contributed by atoms with Crippen LogP contribution in [0.15, 0.2) is 11.6 Å². The molecule has 1 aliphatic rings. The molecule has 1 fully saturated rings. The van der Waals surface area contributed by atoms with Gasteiger partial charge in [-0.1, -0.05) is 6.08 Å². The van der Waals surface area contributed by atoms with Crippen LogP contribution in [0.2, 0.25) is 0 Å². The van der Waals surface area contributed by atoms with Crippen molar-refractivity contribution in [2.75, 3.05) is 6.61 Å². The van der Waals surface area contributed by atoms with Crippen molar-refractivity contribution >= 4 is 32.6 Å². The number of carboxylic acids is 1. The second-order valence-corrected chi connectivity index (χ2v) is 6.20. The minimum atomic E-state index is -0.927. The molecule has 1 heterocycles. The second kappa shape index (κ2) is 10.8. The van der Waals surface area contributed by atoms with E-state index in [0.717, 1.165) is 26.6 Å². The first kappa shape index (κ1) is 15.3. The molecule has 0 aromatic rings. The van der Waals surface area contributed by atoms with Gasteiger partial charge in [-0.3, -0.25) is 14.6 Å².